The normalized spacial score (nSPS) is 41.3. The maximum absolute atomic E-state index is 10.5. The maximum atomic E-state index is 10.5. The summed E-state index contributed by atoms with van der Waals surface area (Å²) >= 11 is 0. The van der Waals surface area contributed by atoms with E-state index in [9.17, 15) is 15.0 Å². The van der Waals surface area contributed by atoms with E-state index in [1.165, 1.54) is 6.92 Å². The van der Waals surface area contributed by atoms with Gasteiger partial charge in [0.15, 0.2) is 6.29 Å². The third-order valence-electron chi connectivity index (χ3n) is 2.14. The largest absolute Gasteiger partial charge is 0.463 e. The van der Waals surface area contributed by atoms with E-state index < -0.39 is 36.7 Å². The number of aliphatic hydroxyl groups excluding tert-OH is 4. The summed E-state index contributed by atoms with van der Waals surface area (Å²) in [5.74, 6) is -0.569. The van der Waals surface area contributed by atoms with E-state index in [4.69, 9.17) is 14.9 Å². The maximum Gasteiger partial charge on any atom is 0.302 e. The lowest BCUT2D eigenvalue weighted by Crippen LogP contribution is -2.58. The lowest BCUT2D eigenvalue weighted by Gasteiger charge is -2.37. The molecule has 0 saturated carbocycles. The quantitative estimate of drug-likeness (QED) is 0.377. The van der Waals surface area contributed by atoms with Crippen LogP contribution in [-0.4, -0.2) is 63.7 Å². The van der Waals surface area contributed by atoms with Gasteiger partial charge >= 0.3 is 5.97 Å². The van der Waals surface area contributed by atoms with Crippen LogP contribution in [0.25, 0.3) is 0 Å². The van der Waals surface area contributed by atoms with Gasteiger partial charge in [0, 0.05) is 6.92 Å². The van der Waals surface area contributed by atoms with Crippen LogP contribution >= 0.6 is 0 Å². The number of ether oxygens (including phenoxy) is 2. The molecule has 4 N–H and O–H groups in total. The first-order valence-corrected chi connectivity index (χ1v) is 4.44. The van der Waals surface area contributed by atoms with E-state index >= 15 is 0 Å². The molecule has 7 heteroatoms. The smallest absolute Gasteiger partial charge is 0.302 e. The Hall–Kier alpha value is -0.730. The van der Waals surface area contributed by atoms with Crippen molar-refractivity contribution in [2.24, 2.45) is 0 Å². The van der Waals surface area contributed by atoms with Crippen molar-refractivity contribution in [1.82, 2.24) is 0 Å². The Balaban J connectivity index is 2.54. The zero-order valence-corrected chi connectivity index (χ0v) is 8.11. The molecule has 1 saturated heterocycles. The molecule has 0 spiro atoms. The van der Waals surface area contributed by atoms with Crippen molar-refractivity contribution in [3.05, 3.63) is 0 Å². The van der Waals surface area contributed by atoms with Crippen molar-refractivity contribution < 1.29 is 34.7 Å². The van der Waals surface area contributed by atoms with Crippen LogP contribution in [0.2, 0.25) is 0 Å². The minimum absolute atomic E-state index is 0.294. The molecule has 1 rings (SSSR count). The molecule has 0 aromatic heterocycles. The number of rotatable bonds is 2. The van der Waals surface area contributed by atoms with Gasteiger partial charge in [0.1, 0.15) is 31.0 Å². The number of aliphatic hydroxyl groups is 4. The molecular formula is C8H14O7. The monoisotopic (exact) mass is 222 g/mol. The van der Waals surface area contributed by atoms with Gasteiger partial charge in [-0.2, -0.15) is 0 Å². The Bertz CT molecular complexity index is 231. The number of carbonyl (C=O) groups is 1. The van der Waals surface area contributed by atoms with Crippen LogP contribution < -0.4 is 0 Å². The molecule has 5 atom stereocenters. The standard InChI is InChI=1S/C8H14O7/c1-3(9)14-2-4-5(10)6(11)7(12)8(13)15-4/h4-8,10-13H,2H2,1H3/t4?,5-,6+,7?,8+/m1/s1. The van der Waals surface area contributed by atoms with Crippen molar-refractivity contribution >= 4 is 5.97 Å². The van der Waals surface area contributed by atoms with Crippen LogP contribution in [0.5, 0.6) is 0 Å². The molecule has 88 valence electrons. The highest BCUT2D eigenvalue weighted by molar-refractivity contribution is 5.65. The van der Waals surface area contributed by atoms with Gasteiger partial charge in [0.05, 0.1) is 0 Å². The van der Waals surface area contributed by atoms with E-state index in [-0.39, 0.29) is 6.61 Å². The summed E-state index contributed by atoms with van der Waals surface area (Å²) in [4.78, 5) is 10.5. The number of hydrogen-bond acceptors (Lipinski definition) is 7. The Morgan fingerprint density at radius 2 is 1.80 bits per heavy atom. The van der Waals surface area contributed by atoms with Gasteiger partial charge in [0.2, 0.25) is 0 Å². The van der Waals surface area contributed by atoms with Gasteiger partial charge in [-0.05, 0) is 0 Å². The summed E-state index contributed by atoms with van der Waals surface area (Å²) in [6.45, 7) is 0.883. The van der Waals surface area contributed by atoms with Crippen molar-refractivity contribution in [3.8, 4) is 0 Å². The first-order chi connectivity index (χ1) is 6.93. The van der Waals surface area contributed by atoms with Gasteiger partial charge in [-0.25, -0.2) is 0 Å². The molecular weight excluding hydrogens is 208 g/mol. The number of carbonyl (C=O) groups excluding carboxylic acids is 1. The van der Waals surface area contributed by atoms with Gasteiger partial charge in [-0.3, -0.25) is 4.79 Å². The molecule has 0 aromatic carbocycles. The fraction of sp³-hybridized carbons (Fsp3) is 0.875. The van der Waals surface area contributed by atoms with Gasteiger partial charge in [-0.15, -0.1) is 0 Å². The fourth-order valence-electron chi connectivity index (χ4n) is 1.27. The van der Waals surface area contributed by atoms with Crippen LogP contribution in [0.1, 0.15) is 6.92 Å². The van der Waals surface area contributed by atoms with Gasteiger partial charge in [-0.1, -0.05) is 0 Å². The van der Waals surface area contributed by atoms with Crippen LogP contribution in [0.15, 0.2) is 0 Å². The molecule has 1 aliphatic heterocycles. The van der Waals surface area contributed by atoms with Gasteiger partial charge < -0.3 is 29.9 Å². The number of esters is 1. The molecule has 0 aliphatic carbocycles. The third kappa shape index (κ3) is 2.86. The minimum atomic E-state index is -1.61. The molecule has 1 heterocycles. The predicted molar refractivity (Wildman–Crippen MR) is 45.5 cm³/mol. The predicted octanol–water partition coefficient (Wildman–Crippen LogP) is -2.65. The lowest BCUT2D eigenvalue weighted by atomic mass is 9.99. The average Bonchev–Trinajstić information content (AvgIpc) is 2.18. The van der Waals surface area contributed by atoms with Crippen molar-refractivity contribution in [2.45, 2.75) is 37.6 Å². The molecule has 0 radical (unpaired) electrons. The van der Waals surface area contributed by atoms with E-state index in [0.29, 0.717) is 0 Å². The van der Waals surface area contributed by atoms with E-state index in [0.717, 1.165) is 0 Å². The molecule has 0 aromatic rings. The Labute approximate surface area is 85.9 Å². The lowest BCUT2D eigenvalue weighted by molar-refractivity contribution is -0.287. The van der Waals surface area contributed by atoms with E-state index in [1.807, 2.05) is 0 Å². The summed E-state index contributed by atoms with van der Waals surface area (Å²) in [5.41, 5.74) is 0. The second-order valence-corrected chi connectivity index (χ2v) is 3.34. The zero-order chi connectivity index (χ0) is 11.6. The number of hydrogen-bond donors (Lipinski definition) is 4. The zero-order valence-electron chi connectivity index (χ0n) is 8.11. The van der Waals surface area contributed by atoms with Gasteiger partial charge in [0.25, 0.3) is 0 Å². The summed E-state index contributed by atoms with van der Waals surface area (Å²) < 4.78 is 9.31. The van der Waals surface area contributed by atoms with Crippen LogP contribution in [-0.2, 0) is 14.3 Å². The summed E-state index contributed by atoms with van der Waals surface area (Å²) in [7, 11) is 0. The van der Waals surface area contributed by atoms with Crippen LogP contribution in [0.4, 0.5) is 0 Å². The molecule has 0 amide bonds. The average molecular weight is 222 g/mol. The topological polar surface area (TPSA) is 116 Å². The first kappa shape index (κ1) is 12.3. The fourth-order valence-corrected chi connectivity index (χ4v) is 1.27. The summed E-state index contributed by atoms with van der Waals surface area (Å²) in [5, 5.41) is 36.9. The van der Waals surface area contributed by atoms with Crippen LogP contribution in [0.3, 0.4) is 0 Å². The Morgan fingerprint density at radius 1 is 1.20 bits per heavy atom. The second-order valence-electron chi connectivity index (χ2n) is 3.34. The van der Waals surface area contributed by atoms with Crippen molar-refractivity contribution in [2.75, 3.05) is 6.61 Å². The Morgan fingerprint density at radius 3 is 2.33 bits per heavy atom. The summed E-state index contributed by atoms with van der Waals surface area (Å²) in [6.07, 6.45) is -7.18. The molecule has 15 heavy (non-hydrogen) atoms. The summed E-state index contributed by atoms with van der Waals surface area (Å²) in [6, 6.07) is 0. The highest BCUT2D eigenvalue weighted by Crippen LogP contribution is 2.19. The SMILES string of the molecule is CC(=O)OCC1O[C@H](O)C(O)[C@@H](O)[C@@H]1O. The van der Waals surface area contributed by atoms with Crippen LogP contribution in [0, 0.1) is 0 Å². The van der Waals surface area contributed by atoms with E-state index in [1.54, 1.807) is 0 Å². The molecule has 1 fully saturated rings. The molecule has 7 nitrogen and oxygen atoms in total. The van der Waals surface area contributed by atoms with E-state index in [2.05, 4.69) is 4.74 Å². The molecule has 0 bridgehead atoms. The highest BCUT2D eigenvalue weighted by Gasteiger charge is 2.43. The highest BCUT2D eigenvalue weighted by atomic mass is 16.6. The Kier molecular flexibility index (Phi) is 4.00. The molecule has 1 aliphatic rings. The third-order valence-corrected chi connectivity index (χ3v) is 2.14. The van der Waals surface area contributed by atoms with Crippen molar-refractivity contribution in [3.63, 3.8) is 0 Å². The second kappa shape index (κ2) is 4.86. The van der Waals surface area contributed by atoms with Crippen molar-refractivity contribution in [1.29, 1.82) is 0 Å². The first-order valence-electron chi connectivity index (χ1n) is 4.44. The molecule has 2 unspecified atom stereocenters. The minimum Gasteiger partial charge on any atom is -0.463 e.